The van der Waals surface area contributed by atoms with E-state index in [2.05, 4.69) is 31.0 Å². The lowest BCUT2D eigenvalue weighted by molar-refractivity contribution is -0.118. The summed E-state index contributed by atoms with van der Waals surface area (Å²) in [5.74, 6) is 0.0360. The second-order valence-electron chi connectivity index (χ2n) is 7.32. The van der Waals surface area contributed by atoms with Crippen molar-refractivity contribution in [1.82, 2.24) is 4.98 Å². The molecule has 0 saturated carbocycles. The fourth-order valence-corrected chi connectivity index (χ4v) is 4.77. The average molecular weight is 415 g/mol. The van der Waals surface area contributed by atoms with E-state index in [4.69, 9.17) is 16.3 Å². The van der Waals surface area contributed by atoms with Crippen molar-refractivity contribution in [2.75, 3.05) is 18.1 Å². The third-order valence-electron chi connectivity index (χ3n) is 5.23. The standard InChI is InChI=1S/C22H23ClN2O2S/c1-14-8-9-16(11-15(14)2)12-20(26)25(13-17-5-4-10-27-17)22-24-21-18(23)6-3-7-19(21)28-22/h3,6-9,11,17H,4-5,10,12-13H2,1-2H3. The summed E-state index contributed by atoms with van der Waals surface area (Å²) in [6, 6.07) is 11.9. The summed E-state index contributed by atoms with van der Waals surface area (Å²) in [5.41, 5.74) is 4.20. The van der Waals surface area contributed by atoms with Gasteiger partial charge in [-0.1, -0.05) is 47.2 Å². The molecule has 0 aliphatic carbocycles. The first-order valence-electron chi connectivity index (χ1n) is 9.54. The van der Waals surface area contributed by atoms with Crippen LogP contribution in [-0.4, -0.2) is 30.1 Å². The SMILES string of the molecule is Cc1ccc(CC(=O)N(CC2CCCO2)c2nc3c(Cl)cccc3s2)cc1C. The molecule has 1 aliphatic rings. The van der Waals surface area contributed by atoms with E-state index in [1.807, 2.05) is 24.3 Å². The van der Waals surface area contributed by atoms with Crippen LogP contribution in [0.1, 0.15) is 29.5 Å². The van der Waals surface area contributed by atoms with E-state index in [1.165, 1.54) is 22.5 Å². The molecule has 1 aliphatic heterocycles. The number of nitrogens with zero attached hydrogens (tertiary/aromatic N) is 2. The molecule has 2 aromatic carbocycles. The van der Waals surface area contributed by atoms with Gasteiger partial charge in [0.1, 0.15) is 5.52 Å². The second-order valence-corrected chi connectivity index (χ2v) is 8.73. The molecule has 4 rings (SSSR count). The lowest BCUT2D eigenvalue weighted by Crippen LogP contribution is -2.38. The van der Waals surface area contributed by atoms with Crippen LogP contribution in [0.3, 0.4) is 0 Å². The van der Waals surface area contributed by atoms with Crippen molar-refractivity contribution in [3.8, 4) is 0 Å². The van der Waals surface area contributed by atoms with Gasteiger partial charge in [0.2, 0.25) is 5.91 Å². The third-order valence-corrected chi connectivity index (χ3v) is 6.58. The van der Waals surface area contributed by atoms with Gasteiger partial charge >= 0.3 is 0 Å². The highest BCUT2D eigenvalue weighted by Gasteiger charge is 2.26. The van der Waals surface area contributed by atoms with Crippen LogP contribution in [-0.2, 0) is 16.0 Å². The Labute approximate surface area is 174 Å². The van der Waals surface area contributed by atoms with Gasteiger partial charge in [-0.15, -0.1) is 0 Å². The highest BCUT2D eigenvalue weighted by Crippen LogP contribution is 2.33. The third kappa shape index (κ3) is 4.07. The number of aryl methyl sites for hydroxylation is 2. The molecule has 28 heavy (non-hydrogen) atoms. The maximum absolute atomic E-state index is 13.3. The van der Waals surface area contributed by atoms with Gasteiger partial charge in [0.25, 0.3) is 0 Å². The van der Waals surface area contributed by atoms with Crippen LogP contribution in [0.25, 0.3) is 10.2 Å². The molecule has 0 bridgehead atoms. The van der Waals surface area contributed by atoms with Gasteiger partial charge in [0.15, 0.2) is 5.13 Å². The number of carbonyl (C=O) groups is 1. The Morgan fingerprint density at radius 2 is 2.14 bits per heavy atom. The number of halogens is 1. The lowest BCUT2D eigenvalue weighted by Gasteiger charge is -2.23. The van der Waals surface area contributed by atoms with E-state index in [1.54, 1.807) is 4.90 Å². The molecule has 0 spiro atoms. The number of para-hydroxylation sites is 1. The number of ether oxygens (including phenoxy) is 1. The monoisotopic (exact) mass is 414 g/mol. The fraction of sp³-hybridized carbons (Fsp3) is 0.364. The molecule has 3 aromatic rings. The number of carbonyl (C=O) groups excluding carboxylic acids is 1. The summed E-state index contributed by atoms with van der Waals surface area (Å²) < 4.78 is 6.78. The van der Waals surface area contributed by atoms with Crippen molar-refractivity contribution in [2.24, 2.45) is 0 Å². The second kappa shape index (κ2) is 8.19. The molecular weight excluding hydrogens is 392 g/mol. The first-order chi connectivity index (χ1) is 13.5. The summed E-state index contributed by atoms with van der Waals surface area (Å²) in [4.78, 5) is 19.7. The number of rotatable bonds is 5. The topological polar surface area (TPSA) is 42.4 Å². The van der Waals surface area contributed by atoms with Gasteiger partial charge in [-0.3, -0.25) is 9.69 Å². The molecular formula is C22H23ClN2O2S. The molecule has 1 saturated heterocycles. The molecule has 4 nitrogen and oxygen atoms in total. The Morgan fingerprint density at radius 1 is 1.29 bits per heavy atom. The highest BCUT2D eigenvalue weighted by atomic mass is 35.5. The van der Waals surface area contributed by atoms with Crippen LogP contribution in [0.4, 0.5) is 5.13 Å². The number of aromatic nitrogens is 1. The maximum Gasteiger partial charge on any atom is 0.233 e. The van der Waals surface area contributed by atoms with Crippen molar-refractivity contribution in [3.63, 3.8) is 0 Å². The molecule has 146 valence electrons. The van der Waals surface area contributed by atoms with Crippen LogP contribution in [0.2, 0.25) is 5.02 Å². The van der Waals surface area contributed by atoms with Crippen molar-refractivity contribution in [1.29, 1.82) is 0 Å². The number of anilines is 1. The molecule has 1 amide bonds. The zero-order chi connectivity index (χ0) is 19.7. The van der Waals surface area contributed by atoms with Crippen molar-refractivity contribution in [3.05, 3.63) is 58.1 Å². The number of thiazole rings is 1. The zero-order valence-corrected chi connectivity index (χ0v) is 17.6. The Bertz CT molecular complexity index is 1010. The quantitative estimate of drug-likeness (QED) is 0.567. The average Bonchev–Trinajstić information content (AvgIpc) is 3.32. The van der Waals surface area contributed by atoms with E-state index >= 15 is 0 Å². The molecule has 0 N–H and O–H groups in total. The van der Waals surface area contributed by atoms with E-state index in [0.29, 0.717) is 23.1 Å². The van der Waals surface area contributed by atoms with Gasteiger partial charge in [0.05, 0.1) is 28.8 Å². The smallest absolute Gasteiger partial charge is 0.233 e. The molecule has 6 heteroatoms. The van der Waals surface area contributed by atoms with Crippen molar-refractivity contribution < 1.29 is 9.53 Å². The minimum absolute atomic E-state index is 0.0360. The molecule has 1 unspecified atom stereocenters. The Kier molecular flexibility index (Phi) is 5.67. The normalized spacial score (nSPS) is 16.6. The number of amides is 1. The summed E-state index contributed by atoms with van der Waals surface area (Å²) in [6.45, 7) is 5.44. The number of hydrogen-bond donors (Lipinski definition) is 0. The minimum atomic E-state index is 0.0360. The molecule has 1 atom stereocenters. The summed E-state index contributed by atoms with van der Waals surface area (Å²) in [6.07, 6.45) is 2.41. The van der Waals surface area contributed by atoms with E-state index in [-0.39, 0.29) is 12.0 Å². The largest absolute Gasteiger partial charge is 0.376 e. The van der Waals surface area contributed by atoms with Crippen LogP contribution < -0.4 is 4.90 Å². The van der Waals surface area contributed by atoms with Crippen molar-refractivity contribution >= 4 is 44.2 Å². The molecule has 0 radical (unpaired) electrons. The first-order valence-corrected chi connectivity index (χ1v) is 10.7. The summed E-state index contributed by atoms with van der Waals surface area (Å²) in [5, 5.41) is 1.30. The van der Waals surface area contributed by atoms with Gasteiger partial charge in [-0.05, 0) is 55.5 Å². The van der Waals surface area contributed by atoms with E-state index in [9.17, 15) is 4.79 Å². The van der Waals surface area contributed by atoms with Gasteiger partial charge in [-0.2, -0.15) is 0 Å². The van der Waals surface area contributed by atoms with Gasteiger partial charge < -0.3 is 4.74 Å². The van der Waals surface area contributed by atoms with Crippen LogP contribution in [0.15, 0.2) is 36.4 Å². The van der Waals surface area contributed by atoms with Crippen LogP contribution >= 0.6 is 22.9 Å². The van der Waals surface area contributed by atoms with Crippen LogP contribution in [0, 0.1) is 13.8 Å². The van der Waals surface area contributed by atoms with Crippen LogP contribution in [0.5, 0.6) is 0 Å². The molecule has 1 fully saturated rings. The fourth-order valence-electron chi connectivity index (χ4n) is 3.48. The molecule has 2 heterocycles. The first kappa shape index (κ1) is 19.4. The Balaban J connectivity index is 1.64. The number of hydrogen-bond acceptors (Lipinski definition) is 4. The molecule has 1 aromatic heterocycles. The lowest BCUT2D eigenvalue weighted by atomic mass is 10.0. The van der Waals surface area contributed by atoms with E-state index < -0.39 is 0 Å². The highest BCUT2D eigenvalue weighted by molar-refractivity contribution is 7.22. The van der Waals surface area contributed by atoms with Gasteiger partial charge in [0, 0.05) is 6.61 Å². The number of benzene rings is 2. The summed E-state index contributed by atoms with van der Waals surface area (Å²) in [7, 11) is 0. The zero-order valence-electron chi connectivity index (χ0n) is 16.1. The predicted octanol–water partition coefficient (Wildman–Crippen LogP) is 5.32. The minimum Gasteiger partial charge on any atom is -0.376 e. The van der Waals surface area contributed by atoms with Gasteiger partial charge in [-0.25, -0.2) is 4.98 Å². The number of fused-ring (bicyclic) bond motifs is 1. The Hall–Kier alpha value is -1.95. The Morgan fingerprint density at radius 3 is 2.86 bits per heavy atom. The summed E-state index contributed by atoms with van der Waals surface area (Å²) >= 11 is 7.80. The maximum atomic E-state index is 13.3. The van der Waals surface area contributed by atoms with Crippen molar-refractivity contribution in [2.45, 2.75) is 39.2 Å². The van der Waals surface area contributed by atoms with E-state index in [0.717, 1.165) is 35.2 Å². The predicted molar refractivity (Wildman–Crippen MR) is 116 cm³/mol.